The fraction of sp³-hybridized carbons (Fsp3) is 0.600. The van der Waals surface area contributed by atoms with Gasteiger partial charge in [-0.2, -0.15) is 0 Å². The van der Waals surface area contributed by atoms with Crippen LogP contribution in [0.5, 0.6) is 0 Å². The van der Waals surface area contributed by atoms with Gasteiger partial charge in [-0.25, -0.2) is 5.84 Å². The lowest BCUT2D eigenvalue weighted by Gasteiger charge is -2.32. The number of nitrogens with two attached hydrogens (primary N) is 1. The van der Waals surface area contributed by atoms with E-state index in [9.17, 15) is 4.79 Å². The Morgan fingerprint density at radius 2 is 1.88 bits per heavy atom. The molecular formula is C20H30N4O. The third-order valence-electron chi connectivity index (χ3n) is 5.16. The van der Waals surface area contributed by atoms with Gasteiger partial charge in [0.25, 0.3) is 0 Å². The highest BCUT2D eigenvalue weighted by molar-refractivity contribution is 5.99. The molecule has 0 aliphatic carbocycles. The maximum Gasteiger partial charge on any atom is 0.222 e. The molecule has 1 amide bonds. The molecule has 2 aliphatic heterocycles. The molecule has 2 N–H and O–H groups in total. The van der Waals surface area contributed by atoms with Crippen molar-refractivity contribution in [3.63, 3.8) is 0 Å². The SMILES string of the molecule is CC(C)CC(=O)N1CCC(Cc2ccc(C3=NCCN3N)cc2)CC1. The second-order valence-corrected chi connectivity index (χ2v) is 7.72. The monoisotopic (exact) mass is 342 g/mol. The van der Waals surface area contributed by atoms with Gasteiger partial charge < -0.3 is 4.90 Å². The van der Waals surface area contributed by atoms with Crippen LogP contribution in [0.1, 0.15) is 44.2 Å². The van der Waals surface area contributed by atoms with E-state index in [1.807, 2.05) is 4.90 Å². The fourth-order valence-corrected chi connectivity index (χ4v) is 3.71. The van der Waals surface area contributed by atoms with Crippen molar-refractivity contribution in [2.75, 3.05) is 26.2 Å². The Hall–Kier alpha value is -1.88. The number of carbonyl (C=O) groups excluding carboxylic acids is 1. The molecule has 1 saturated heterocycles. The molecule has 136 valence electrons. The van der Waals surface area contributed by atoms with E-state index in [0.29, 0.717) is 24.2 Å². The van der Waals surface area contributed by atoms with Crippen LogP contribution in [0.4, 0.5) is 0 Å². The average Bonchev–Trinajstić information content (AvgIpc) is 3.02. The van der Waals surface area contributed by atoms with Crippen molar-refractivity contribution >= 4 is 11.7 Å². The fourth-order valence-electron chi connectivity index (χ4n) is 3.71. The number of aliphatic imine (C=N–C) groups is 1. The number of hydrazine groups is 1. The van der Waals surface area contributed by atoms with Gasteiger partial charge in [0.05, 0.1) is 13.1 Å². The Bertz CT molecular complexity index is 615. The number of hydrogen-bond donors (Lipinski definition) is 1. The second-order valence-electron chi connectivity index (χ2n) is 7.72. The zero-order valence-electron chi connectivity index (χ0n) is 15.4. The minimum absolute atomic E-state index is 0.321. The number of amides is 1. The van der Waals surface area contributed by atoms with Gasteiger partial charge in [-0.3, -0.25) is 14.8 Å². The summed E-state index contributed by atoms with van der Waals surface area (Å²) in [5, 5.41) is 1.72. The molecule has 0 unspecified atom stereocenters. The third-order valence-corrected chi connectivity index (χ3v) is 5.16. The molecule has 25 heavy (non-hydrogen) atoms. The molecule has 5 nitrogen and oxygen atoms in total. The molecule has 0 aromatic heterocycles. The van der Waals surface area contributed by atoms with E-state index >= 15 is 0 Å². The van der Waals surface area contributed by atoms with Crippen LogP contribution in [0.15, 0.2) is 29.3 Å². The van der Waals surface area contributed by atoms with Crippen molar-refractivity contribution in [1.29, 1.82) is 0 Å². The van der Waals surface area contributed by atoms with E-state index in [0.717, 1.165) is 56.8 Å². The van der Waals surface area contributed by atoms with E-state index in [2.05, 4.69) is 43.1 Å². The molecule has 0 bridgehead atoms. The van der Waals surface area contributed by atoms with Crippen LogP contribution in [0.25, 0.3) is 0 Å². The van der Waals surface area contributed by atoms with E-state index in [-0.39, 0.29) is 0 Å². The summed E-state index contributed by atoms with van der Waals surface area (Å²) < 4.78 is 0. The van der Waals surface area contributed by atoms with Gasteiger partial charge in [0.15, 0.2) is 0 Å². The summed E-state index contributed by atoms with van der Waals surface area (Å²) in [7, 11) is 0. The van der Waals surface area contributed by atoms with Gasteiger partial charge in [0.2, 0.25) is 5.91 Å². The highest BCUT2D eigenvalue weighted by Gasteiger charge is 2.23. The number of rotatable bonds is 5. The lowest BCUT2D eigenvalue weighted by Crippen LogP contribution is -2.39. The van der Waals surface area contributed by atoms with E-state index in [4.69, 9.17) is 5.84 Å². The van der Waals surface area contributed by atoms with E-state index < -0.39 is 0 Å². The molecular weight excluding hydrogens is 312 g/mol. The first-order chi connectivity index (χ1) is 12.0. The van der Waals surface area contributed by atoms with Crippen LogP contribution in [-0.2, 0) is 11.2 Å². The van der Waals surface area contributed by atoms with Gasteiger partial charge in [-0.05, 0) is 36.7 Å². The minimum atomic E-state index is 0.321. The molecule has 1 aromatic carbocycles. The van der Waals surface area contributed by atoms with E-state index in [1.54, 1.807) is 5.01 Å². The van der Waals surface area contributed by atoms with E-state index in [1.165, 1.54) is 5.56 Å². The first kappa shape index (κ1) is 17.9. The highest BCUT2D eigenvalue weighted by Crippen LogP contribution is 2.23. The number of amidine groups is 1. The average molecular weight is 342 g/mol. The quantitative estimate of drug-likeness (QED) is 0.836. The Morgan fingerprint density at radius 3 is 2.44 bits per heavy atom. The number of benzene rings is 1. The first-order valence-electron chi connectivity index (χ1n) is 9.46. The number of hydrogen-bond acceptors (Lipinski definition) is 4. The molecule has 1 aromatic rings. The molecule has 2 aliphatic rings. The van der Waals surface area contributed by atoms with Gasteiger partial charge >= 0.3 is 0 Å². The topological polar surface area (TPSA) is 61.9 Å². The molecule has 0 atom stereocenters. The minimum Gasteiger partial charge on any atom is -0.343 e. The third kappa shape index (κ3) is 4.60. The van der Waals surface area contributed by atoms with Gasteiger partial charge in [0.1, 0.15) is 5.84 Å². The van der Waals surface area contributed by atoms with Crippen molar-refractivity contribution in [2.24, 2.45) is 22.7 Å². The lowest BCUT2D eigenvalue weighted by molar-refractivity contribution is -0.133. The largest absolute Gasteiger partial charge is 0.343 e. The summed E-state index contributed by atoms with van der Waals surface area (Å²) in [4.78, 5) is 18.7. The predicted octanol–water partition coefficient (Wildman–Crippen LogP) is 2.45. The second kappa shape index (κ2) is 8.00. The summed E-state index contributed by atoms with van der Waals surface area (Å²) >= 11 is 0. The van der Waals surface area contributed by atoms with Crippen molar-refractivity contribution in [1.82, 2.24) is 9.91 Å². The zero-order valence-corrected chi connectivity index (χ0v) is 15.4. The van der Waals surface area contributed by atoms with Crippen molar-refractivity contribution in [2.45, 2.75) is 39.5 Å². The lowest BCUT2D eigenvalue weighted by atomic mass is 9.89. The molecule has 1 fully saturated rings. The number of piperidine rings is 1. The Balaban J connectivity index is 1.50. The summed E-state index contributed by atoms with van der Waals surface area (Å²) in [5.41, 5.74) is 2.45. The standard InChI is InChI=1S/C20H30N4O/c1-15(2)13-19(25)23-10-7-17(8-11-23)14-16-3-5-18(6-4-16)20-22-9-12-24(20)21/h3-6,15,17H,7-14,21H2,1-2H3. The molecule has 5 heteroatoms. The van der Waals surface area contributed by atoms with Gasteiger partial charge in [-0.1, -0.05) is 38.1 Å². The predicted molar refractivity (Wildman–Crippen MR) is 101 cm³/mol. The van der Waals surface area contributed by atoms with Crippen molar-refractivity contribution in [3.05, 3.63) is 35.4 Å². The smallest absolute Gasteiger partial charge is 0.222 e. The molecule has 2 heterocycles. The van der Waals surface area contributed by atoms with Crippen molar-refractivity contribution < 1.29 is 4.79 Å². The summed E-state index contributed by atoms with van der Waals surface area (Å²) in [6, 6.07) is 8.64. The number of carbonyl (C=O) groups is 1. The van der Waals surface area contributed by atoms with Gasteiger partial charge in [0, 0.05) is 25.1 Å². The Morgan fingerprint density at radius 1 is 1.20 bits per heavy atom. The maximum atomic E-state index is 12.2. The van der Waals surface area contributed by atoms with Crippen molar-refractivity contribution in [3.8, 4) is 0 Å². The maximum absolute atomic E-state index is 12.2. The molecule has 0 spiro atoms. The summed E-state index contributed by atoms with van der Waals surface area (Å²) in [6.07, 6.45) is 3.98. The summed E-state index contributed by atoms with van der Waals surface area (Å²) in [5.74, 6) is 8.26. The molecule has 0 radical (unpaired) electrons. The van der Waals surface area contributed by atoms with Gasteiger partial charge in [-0.15, -0.1) is 0 Å². The highest BCUT2D eigenvalue weighted by atomic mass is 16.2. The summed E-state index contributed by atoms with van der Waals surface area (Å²) in [6.45, 7) is 7.61. The number of likely N-dealkylation sites (tertiary alicyclic amines) is 1. The Kier molecular flexibility index (Phi) is 5.74. The van der Waals surface area contributed by atoms with Crippen LogP contribution in [0.2, 0.25) is 0 Å². The van der Waals surface area contributed by atoms with Crippen LogP contribution >= 0.6 is 0 Å². The first-order valence-corrected chi connectivity index (χ1v) is 9.46. The normalized spacial score (nSPS) is 18.8. The zero-order chi connectivity index (χ0) is 17.8. The molecule has 0 saturated carbocycles. The Labute approximate surface area is 150 Å². The van der Waals surface area contributed by atoms with Crippen LogP contribution in [0, 0.1) is 11.8 Å². The van der Waals surface area contributed by atoms with Crippen LogP contribution in [0.3, 0.4) is 0 Å². The number of nitrogens with zero attached hydrogens (tertiary/aromatic N) is 3. The van der Waals surface area contributed by atoms with Crippen LogP contribution < -0.4 is 5.84 Å². The molecule has 3 rings (SSSR count). The van der Waals surface area contributed by atoms with Crippen LogP contribution in [-0.4, -0.2) is 47.8 Å².